The van der Waals surface area contributed by atoms with E-state index in [-0.39, 0.29) is 22.7 Å². The van der Waals surface area contributed by atoms with E-state index in [0.29, 0.717) is 12.0 Å². The Morgan fingerprint density at radius 3 is 2.52 bits per heavy atom. The molecule has 0 unspecified atom stereocenters. The van der Waals surface area contributed by atoms with Crippen LogP contribution in [0.2, 0.25) is 0 Å². The highest BCUT2D eigenvalue weighted by molar-refractivity contribution is 7.93. The van der Waals surface area contributed by atoms with Gasteiger partial charge in [0.2, 0.25) is 0 Å². The molecular formula is C15H11F2NO4S. The molecule has 0 amide bonds. The van der Waals surface area contributed by atoms with E-state index in [1.807, 2.05) is 0 Å². The number of carbonyl (C=O) groups is 1. The maximum absolute atomic E-state index is 14.2. The molecule has 0 saturated heterocycles. The fourth-order valence-corrected chi connectivity index (χ4v) is 4.27. The van der Waals surface area contributed by atoms with Crippen LogP contribution in [0.3, 0.4) is 0 Å². The number of rotatable bonds is 2. The molecule has 0 bridgehead atoms. The first kappa shape index (κ1) is 15.4. The Morgan fingerprint density at radius 2 is 1.87 bits per heavy atom. The van der Waals surface area contributed by atoms with Gasteiger partial charge in [0.05, 0.1) is 16.1 Å². The highest BCUT2D eigenvalue weighted by Crippen LogP contribution is 2.32. The van der Waals surface area contributed by atoms with Crippen molar-refractivity contribution in [2.45, 2.75) is 11.3 Å². The second-order valence-electron chi connectivity index (χ2n) is 5.05. The third-order valence-electron chi connectivity index (χ3n) is 3.64. The number of nitrogens with zero attached hydrogens (tertiary/aromatic N) is 1. The van der Waals surface area contributed by atoms with Crippen LogP contribution in [0.25, 0.3) is 0 Å². The molecule has 120 valence electrons. The standard InChI is InChI=1S/C15H11F2NO4S/c16-11-3-1-9-5-6-18(23(21,22)14(9)8-11)13-4-2-10(15(19)20)7-12(13)17/h1-4,7-8H,5-6H2,(H,19,20). The van der Waals surface area contributed by atoms with E-state index in [1.165, 1.54) is 12.1 Å². The molecule has 0 aliphatic carbocycles. The van der Waals surface area contributed by atoms with Gasteiger partial charge in [-0.2, -0.15) is 0 Å². The molecule has 1 aliphatic heterocycles. The van der Waals surface area contributed by atoms with Gasteiger partial charge in [-0.15, -0.1) is 0 Å². The molecule has 2 aromatic carbocycles. The number of hydrogen-bond acceptors (Lipinski definition) is 3. The van der Waals surface area contributed by atoms with Gasteiger partial charge in [-0.1, -0.05) is 6.07 Å². The first-order chi connectivity index (χ1) is 10.8. The smallest absolute Gasteiger partial charge is 0.335 e. The first-order valence-corrected chi connectivity index (χ1v) is 8.09. The normalized spacial score (nSPS) is 16.0. The summed E-state index contributed by atoms with van der Waals surface area (Å²) < 4.78 is 53.6. The Hall–Kier alpha value is -2.48. The summed E-state index contributed by atoms with van der Waals surface area (Å²) in [6.07, 6.45) is 0.301. The molecule has 5 nitrogen and oxygen atoms in total. The molecule has 0 spiro atoms. The highest BCUT2D eigenvalue weighted by atomic mass is 32.2. The third kappa shape index (κ3) is 2.55. The monoisotopic (exact) mass is 339 g/mol. The van der Waals surface area contributed by atoms with E-state index in [4.69, 9.17) is 5.11 Å². The average molecular weight is 339 g/mol. The van der Waals surface area contributed by atoms with Gasteiger partial charge in [-0.3, -0.25) is 4.31 Å². The number of fused-ring (bicyclic) bond motifs is 1. The van der Waals surface area contributed by atoms with Crippen LogP contribution in [-0.2, 0) is 16.4 Å². The van der Waals surface area contributed by atoms with Crippen LogP contribution in [0.1, 0.15) is 15.9 Å². The molecule has 8 heteroatoms. The van der Waals surface area contributed by atoms with E-state index in [9.17, 15) is 22.0 Å². The lowest BCUT2D eigenvalue weighted by Crippen LogP contribution is -2.38. The van der Waals surface area contributed by atoms with E-state index < -0.39 is 27.6 Å². The summed E-state index contributed by atoms with van der Waals surface area (Å²) in [6.45, 7) is -0.00962. The van der Waals surface area contributed by atoms with E-state index in [1.54, 1.807) is 0 Å². The lowest BCUT2D eigenvalue weighted by atomic mass is 10.1. The molecule has 1 N–H and O–H groups in total. The van der Waals surface area contributed by atoms with Crippen molar-refractivity contribution in [2.75, 3.05) is 10.8 Å². The number of aromatic carboxylic acids is 1. The number of sulfonamides is 1. The fraction of sp³-hybridized carbons (Fsp3) is 0.133. The quantitative estimate of drug-likeness (QED) is 0.912. The number of carboxylic acid groups (broad SMARTS) is 1. The lowest BCUT2D eigenvalue weighted by molar-refractivity contribution is 0.0696. The van der Waals surface area contributed by atoms with Crippen LogP contribution in [0.5, 0.6) is 0 Å². The zero-order chi connectivity index (χ0) is 16.8. The summed E-state index contributed by atoms with van der Waals surface area (Å²) in [6, 6.07) is 6.45. The molecule has 23 heavy (non-hydrogen) atoms. The molecule has 0 saturated carbocycles. The Morgan fingerprint density at radius 1 is 1.13 bits per heavy atom. The molecule has 1 heterocycles. The van der Waals surface area contributed by atoms with Gasteiger partial charge in [0.25, 0.3) is 10.0 Å². The lowest BCUT2D eigenvalue weighted by Gasteiger charge is -2.30. The van der Waals surface area contributed by atoms with Crippen molar-refractivity contribution in [1.82, 2.24) is 0 Å². The van der Waals surface area contributed by atoms with Crippen LogP contribution in [0.15, 0.2) is 41.3 Å². The summed E-state index contributed by atoms with van der Waals surface area (Å²) >= 11 is 0. The van der Waals surface area contributed by atoms with Gasteiger partial charge >= 0.3 is 5.97 Å². The first-order valence-electron chi connectivity index (χ1n) is 6.65. The van der Waals surface area contributed by atoms with Crippen molar-refractivity contribution in [2.24, 2.45) is 0 Å². The predicted molar refractivity (Wildman–Crippen MR) is 78.0 cm³/mol. The van der Waals surface area contributed by atoms with E-state index in [0.717, 1.165) is 28.6 Å². The second-order valence-corrected chi connectivity index (χ2v) is 6.88. The molecule has 0 radical (unpaired) electrons. The molecule has 3 rings (SSSR count). The fourth-order valence-electron chi connectivity index (χ4n) is 2.53. The summed E-state index contributed by atoms with van der Waals surface area (Å²) in [7, 11) is -4.11. The Labute approximate surface area is 130 Å². The second kappa shape index (κ2) is 5.31. The summed E-state index contributed by atoms with van der Waals surface area (Å²) in [5, 5.41) is 8.83. The topological polar surface area (TPSA) is 74.7 Å². The summed E-state index contributed by atoms with van der Waals surface area (Å²) in [5.74, 6) is -2.98. The number of anilines is 1. The van der Waals surface area contributed by atoms with Crippen molar-refractivity contribution in [3.05, 3.63) is 59.2 Å². The minimum Gasteiger partial charge on any atom is -0.478 e. The zero-order valence-electron chi connectivity index (χ0n) is 11.7. The Balaban J connectivity index is 2.10. The van der Waals surface area contributed by atoms with Crippen LogP contribution in [0.4, 0.5) is 14.5 Å². The maximum Gasteiger partial charge on any atom is 0.335 e. The molecule has 0 aromatic heterocycles. The van der Waals surface area contributed by atoms with Crippen molar-refractivity contribution < 1.29 is 27.1 Å². The van der Waals surface area contributed by atoms with Gasteiger partial charge in [0.15, 0.2) is 0 Å². The van der Waals surface area contributed by atoms with Crippen LogP contribution < -0.4 is 4.31 Å². The van der Waals surface area contributed by atoms with E-state index >= 15 is 0 Å². The maximum atomic E-state index is 14.2. The molecular weight excluding hydrogens is 328 g/mol. The molecule has 0 atom stereocenters. The summed E-state index contributed by atoms with van der Waals surface area (Å²) in [4.78, 5) is 10.6. The van der Waals surface area contributed by atoms with Crippen LogP contribution in [-0.4, -0.2) is 26.0 Å². The SMILES string of the molecule is O=C(O)c1ccc(N2CCc3ccc(F)cc3S2(=O)=O)c(F)c1. The highest BCUT2D eigenvalue weighted by Gasteiger charge is 2.33. The summed E-state index contributed by atoms with van der Waals surface area (Å²) in [5.41, 5.74) is -0.0813. The van der Waals surface area contributed by atoms with E-state index in [2.05, 4.69) is 0 Å². The van der Waals surface area contributed by atoms with Crippen molar-refractivity contribution in [1.29, 1.82) is 0 Å². The van der Waals surface area contributed by atoms with Gasteiger partial charge in [-0.05, 0) is 42.3 Å². The number of halogens is 2. The average Bonchev–Trinajstić information content (AvgIpc) is 2.48. The van der Waals surface area contributed by atoms with Gasteiger partial charge in [0, 0.05) is 6.54 Å². The largest absolute Gasteiger partial charge is 0.478 e. The zero-order valence-corrected chi connectivity index (χ0v) is 12.5. The van der Waals surface area contributed by atoms with Gasteiger partial charge in [0.1, 0.15) is 11.6 Å². The predicted octanol–water partition coefficient (Wildman–Crippen LogP) is 2.41. The molecule has 2 aromatic rings. The minimum absolute atomic E-state index is 0.00962. The van der Waals surface area contributed by atoms with Gasteiger partial charge in [-0.25, -0.2) is 22.0 Å². The third-order valence-corrected chi connectivity index (χ3v) is 5.54. The van der Waals surface area contributed by atoms with Crippen molar-refractivity contribution in [3.8, 4) is 0 Å². The molecule has 1 aliphatic rings. The van der Waals surface area contributed by atoms with Crippen LogP contribution in [0, 0.1) is 11.6 Å². The van der Waals surface area contributed by atoms with Crippen LogP contribution >= 0.6 is 0 Å². The van der Waals surface area contributed by atoms with Gasteiger partial charge < -0.3 is 5.11 Å². The number of hydrogen-bond donors (Lipinski definition) is 1. The Bertz CT molecular complexity index is 912. The Kier molecular flexibility index (Phi) is 3.56. The number of carboxylic acids is 1. The minimum atomic E-state index is -4.11. The van der Waals surface area contributed by atoms with Crippen molar-refractivity contribution in [3.63, 3.8) is 0 Å². The number of benzene rings is 2. The molecule has 0 fully saturated rings. The van der Waals surface area contributed by atoms with Crippen molar-refractivity contribution >= 4 is 21.7 Å².